The zero-order valence-corrected chi connectivity index (χ0v) is 13.0. The Balaban J connectivity index is 3.06. The summed E-state index contributed by atoms with van der Waals surface area (Å²) in [6.45, 7) is 9.91. The summed E-state index contributed by atoms with van der Waals surface area (Å²) in [4.78, 5) is 30.2. The number of hydrogen-bond acceptors (Lipinski definition) is 4. The summed E-state index contributed by atoms with van der Waals surface area (Å²) in [5, 5.41) is 2.80. The van der Waals surface area contributed by atoms with E-state index < -0.39 is 11.2 Å². The number of H-pyrrole nitrogens is 1. The Morgan fingerprint density at radius 3 is 2.45 bits per heavy atom. The molecule has 1 aromatic heterocycles. The van der Waals surface area contributed by atoms with Gasteiger partial charge in [-0.15, -0.1) is 0 Å². The Bertz CT molecular complexity index is 541. The molecule has 0 aromatic carbocycles. The van der Waals surface area contributed by atoms with Crippen molar-refractivity contribution in [3.8, 4) is 0 Å². The Hall–Kier alpha value is -1.69. The molecule has 0 aliphatic carbocycles. The number of methoxy groups -OCH3 is 1. The van der Waals surface area contributed by atoms with Crippen molar-refractivity contribution >= 4 is 5.91 Å². The van der Waals surface area contributed by atoms with Crippen LogP contribution in [0.2, 0.25) is 0 Å². The van der Waals surface area contributed by atoms with Crippen molar-refractivity contribution in [2.45, 2.75) is 45.6 Å². The fraction of sp³-hybridized carbons (Fsp3) is 0.643. The molecule has 1 heterocycles. The molecule has 0 atom stereocenters. The third-order valence-corrected chi connectivity index (χ3v) is 2.74. The number of nitrogens with one attached hydrogen (secondary N) is 2. The molecule has 112 valence electrons. The largest absolute Gasteiger partial charge is 0.382 e. The number of amides is 1. The molecule has 0 aliphatic heterocycles. The number of nitrogens with zero attached hydrogens (tertiary/aromatic N) is 1. The fourth-order valence-corrected chi connectivity index (χ4v) is 1.75. The van der Waals surface area contributed by atoms with Crippen LogP contribution in [-0.4, -0.2) is 35.1 Å². The van der Waals surface area contributed by atoms with Gasteiger partial charge in [-0.05, 0) is 19.9 Å². The Kier molecular flexibility index (Phi) is 4.70. The maximum atomic E-state index is 12.2. The van der Waals surface area contributed by atoms with Gasteiger partial charge in [0.05, 0.1) is 12.1 Å². The fourth-order valence-electron chi connectivity index (χ4n) is 1.75. The molecule has 2 N–H and O–H groups in total. The van der Waals surface area contributed by atoms with Crippen LogP contribution in [0.5, 0.6) is 0 Å². The predicted molar refractivity (Wildman–Crippen MR) is 77.0 cm³/mol. The van der Waals surface area contributed by atoms with Crippen LogP contribution in [0.25, 0.3) is 0 Å². The van der Waals surface area contributed by atoms with E-state index in [-0.39, 0.29) is 17.0 Å². The normalized spacial score (nSPS) is 12.3. The van der Waals surface area contributed by atoms with Crippen LogP contribution in [-0.2, 0) is 10.2 Å². The molecule has 0 saturated heterocycles. The van der Waals surface area contributed by atoms with Gasteiger partial charge in [0.2, 0.25) is 0 Å². The maximum Gasteiger partial charge on any atom is 0.345 e. The highest BCUT2D eigenvalue weighted by molar-refractivity contribution is 5.92. The quantitative estimate of drug-likeness (QED) is 0.869. The zero-order valence-electron chi connectivity index (χ0n) is 13.0. The molecule has 0 spiro atoms. The molecular weight excluding hydrogens is 258 g/mol. The van der Waals surface area contributed by atoms with E-state index in [1.54, 1.807) is 13.2 Å². The van der Waals surface area contributed by atoms with E-state index in [0.717, 1.165) is 0 Å². The van der Waals surface area contributed by atoms with Crippen LogP contribution in [0.1, 0.15) is 50.8 Å². The smallest absolute Gasteiger partial charge is 0.345 e. The van der Waals surface area contributed by atoms with E-state index in [9.17, 15) is 9.59 Å². The third-order valence-electron chi connectivity index (χ3n) is 2.74. The first-order valence-electron chi connectivity index (χ1n) is 6.48. The van der Waals surface area contributed by atoms with E-state index in [2.05, 4.69) is 15.3 Å². The van der Waals surface area contributed by atoms with Crippen molar-refractivity contribution in [3.63, 3.8) is 0 Å². The maximum absolute atomic E-state index is 12.2. The van der Waals surface area contributed by atoms with Gasteiger partial charge in [-0.2, -0.15) is 4.98 Å². The van der Waals surface area contributed by atoms with E-state index in [1.807, 2.05) is 34.6 Å². The second-order valence-electron chi connectivity index (χ2n) is 6.51. The minimum Gasteiger partial charge on any atom is -0.382 e. The molecule has 1 amide bonds. The first-order valence-corrected chi connectivity index (χ1v) is 6.48. The van der Waals surface area contributed by atoms with Gasteiger partial charge >= 0.3 is 5.69 Å². The van der Waals surface area contributed by atoms with Crippen LogP contribution in [0.3, 0.4) is 0 Å². The van der Waals surface area contributed by atoms with Crippen LogP contribution in [0, 0.1) is 0 Å². The first-order chi connectivity index (χ1) is 9.05. The van der Waals surface area contributed by atoms with E-state index >= 15 is 0 Å². The molecule has 0 saturated carbocycles. The number of carbonyl (C=O) groups is 1. The molecule has 0 aliphatic rings. The van der Waals surface area contributed by atoms with Crippen molar-refractivity contribution in [1.82, 2.24) is 15.3 Å². The van der Waals surface area contributed by atoms with Gasteiger partial charge in [-0.1, -0.05) is 20.8 Å². The summed E-state index contributed by atoms with van der Waals surface area (Å²) < 4.78 is 5.04. The highest BCUT2D eigenvalue weighted by atomic mass is 16.5. The molecule has 0 unspecified atom stereocenters. The van der Waals surface area contributed by atoms with Gasteiger partial charge < -0.3 is 15.0 Å². The SMILES string of the molecule is COCC(C)(C)NC(=O)c1cc(C(C)(C)C)[nH]c(=O)n1. The minimum absolute atomic E-state index is 0.114. The van der Waals surface area contributed by atoms with E-state index in [1.165, 1.54) is 0 Å². The molecule has 0 radical (unpaired) electrons. The van der Waals surface area contributed by atoms with Gasteiger partial charge in [0.25, 0.3) is 5.91 Å². The van der Waals surface area contributed by atoms with Crippen LogP contribution >= 0.6 is 0 Å². The molecule has 1 rings (SSSR count). The van der Waals surface area contributed by atoms with Crippen molar-refractivity contribution in [2.75, 3.05) is 13.7 Å². The van der Waals surface area contributed by atoms with E-state index in [4.69, 9.17) is 4.74 Å². The number of ether oxygens (including phenoxy) is 1. The molecule has 20 heavy (non-hydrogen) atoms. The average Bonchev–Trinajstić information content (AvgIpc) is 2.26. The molecule has 6 nitrogen and oxygen atoms in total. The van der Waals surface area contributed by atoms with E-state index in [0.29, 0.717) is 12.3 Å². The number of carbonyl (C=O) groups excluding carboxylic acids is 1. The van der Waals surface area contributed by atoms with Crippen molar-refractivity contribution in [2.24, 2.45) is 0 Å². The number of aromatic amines is 1. The van der Waals surface area contributed by atoms with Crippen LogP contribution in [0.15, 0.2) is 10.9 Å². The number of rotatable bonds is 4. The van der Waals surface area contributed by atoms with Crippen molar-refractivity contribution < 1.29 is 9.53 Å². The van der Waals surface area contributed by atoms with Gasteiger partial charge in [-0.25, -0.2) is 4.79 Å². The highest BCUT2D eigenvalue weighted by Crippen LogP contribution is 2.19. The molecular formula is C14H23N3O3. The highest BCUT2D eigenvalue weighted by Gasteiger charge is 2.24. The summed E-state index contributed by atoms with van der Waals surface area (Å²) in [7, 11) is 1.57. The molecule has 1 aromatic rings. The predicted octanol–water partition coefficient (Wildman–Crippen LogP) is 1.22. The van der Waals surface area contributed by atoms with Gasteiger partial charge in [0.15, 0.2) is 0 Å². The lowest BCUT2D eigenvalue weighted by Crippen LogP contribution is -2.47. The zero-order chi connectivity index (χ0) is 15.6. The first kappa shape index (κ1) is 16.4. The van der Waals surface area contributed by atoms with Crippen molar-refractivity contribution in [3.05, 3.63) is 27.9 Å². The molecule has 0 fully saturated rings. The third kappa shape index (κ3) is 4.45. The second kappa shape index (κ2) is 5.75. The summed E-state index contributed by atoms with van der Waals surface area (Å²) in [6.07, 6.45) is 0. The Labute approximate surface area is 119 Å². The number of hydrogen-bond donors (Lipinski definition) is 2. The molecule has 0 bridgehead atoms. The second-order valence-corrected chi connectivity index (χ2v) is 6.51. The lowest BCUT2D eigenvalue weighted by molar-refractivity contribution is 0.0814. The summed E-state index contributed by atoms with van der Waals surface area (Å²) in [5.74, 6) is -0.386. The number of aromatic nitrogens is 2. The minimum atomic E-state index is -0.530. The van der Waals surface area contributed by atoms with Crippen LogP contribution in [0.4, 0.5) is 0 Å². The van der Waals surface area contributed by atoms with Crippen LogP contribution < -0.4 is 11.0 Å². The van der Waals surface area contributed by atoms with Gasteiger partial charge in [0, 0.05) is 18.2 Å². The van der Waals surface area contributed by atoms with Gasteiger partial charge in [0.1, 0.15) is 5.69 Å². The molecule has 6 heteroatoms. The summed E-state index contributed by atoms with van der Waals surface area (Å²) >= 11 is 0. The topological polar surface area (TPSA) is 84.1 Å². The Morgan fingerprint density at radius 1 is 1.35 bits per heavy atom. The summed E-state index contributed by atoms with van der Waals surface area (Å²) in [5.41, 5.74) is -0.529. The summed E-state index contributed by atoms with van der Waals surface area (Å²) in [6, 6.07) is 1.61. The lowest BCUT2D eigenvalue weighted by atomic mass is 9.91. The van der Waals surface area contributed by atoms with Crippen molar-refractivity contribution in [1.29, 1.82) is 0 Å². The Morgan fingerprint density at radius 2 is 1.95 bits per heavy atom. The lowest BCUT2D eigenvalue weighted by Gasteiger charge is -2.25. The van der Waals surface area contributed by atoms with Gasteiger partial charge in [-0.3, -0.25) is 4.79 Å². The standard InChI is InChI=1S/C14H23N3O3/c1-13(2,3)10-7-9(15-12(19)16-10)11(18)17-14(4,5)8-20-6/h7H,8H2,1-6H3,(H,17,18)(H,15,16,19). The average molecular weight is 281 g/mol. The monoisotopic (exact) mass is 281 g/mol.